The Bertz CT molecular complexity index is 66.3. The molecule has 0 nitrogen and oxygen atoms in total. The van der Waals surface area contributed by atoms with Gasteiger partial charge in [-0.3, -0.25) is 0 Å². The minimum atomic E-state index is 0.829. The lowest BCUT2D eigenvalue weighted by Gasteiger charge is -1.88. The van der Waals surface area contributed by atoms with Crippen LogP contribution in [0, 0.1) is 5.92 Å². The normalized spacial score (nSPS) is 31.8. The molecule has 0 aromatic carbocycles. The molecule has 0 saturated carbocycles. The second-order valence-corrected chi connectivity index (χ2v) is 2.58. The average molecular weight is 100 g/mol. The van der Waals surface area contributed by atoms with Crippen molar-refractivity contribution in [2.24, 2.45) is 5.92 Å². The molecular weight excluding hydrogens is 92.1 g/mol. The monoisotopic (exact) mass is 100 g/mol. The highest BCUT2D eigenvalue weighted by Gasteiger charge is 1.99. The first-order valence-electron chi connectivity index (χ1n) is 2.18. The molecule has 1 atom stereocenters. The van der Waals surface area contributed by atoms with Crippen LogP contribution in [0.25, 0.3) is 0 Å². The van der Waals surface area contributed by atoms with Crippen LogP contribution in [0.1, 0.15) is 6.92 Å². The van der Waals surface area contributed by atoms with Gasteiger partial charge in [-0.05, 0) is 11.3 Å². The Morgan fingerprint density at radius 1 is 1.83 bits per heavy atom. The first-order chi connectivity index (χ1) is 2.89. The van der Waals surface area contributed by atoms with Crippen molar-refractivity contribution in [3.63, 3.8) is 0 Å². The predicted octanol–water partition coefficient (Wildman–Crippen LogP) is 1.88. The van der Waals surface area contributed by atoms with Gasteiger partial charge in [-0.2, -0.15) is 0 Å². The average Bonchev–Trinajstić information content (AvgIpc) is 1.86. The number of rotatable bonds is 0. The summed E-state index contributed by atoms with van der Waals surface area (Å²) in [5, 5.41) is 2.17. The molecule has 1 aliphatic rings. The van der Waals surface area contributed by atoms with E-state index in [-0.39, 0.29) is 0 Å². The molecular formula is C5H8S. The Morgan fingerprint density at radius 3 is 2.83 bits per heavy atom. The maximum absolute atomic E-state index is 2.24. The highest BCUT2D eigenvalue weighted by Crippen LogP contribution is 2.18. The second-order valence-electron chi connectivity index (χ2n) is 1.64. The molecule has 1 heterocycles. The zero-order valence-electron chi connectivity index (χ0n) is 3.85. The Morgan fingerprint density at radius 2 is 2.67 bits per heavy atom. The van der Waals surface area contributed by atoms with Crippen molar-refractivity contribution in [1.29, 1.82) is 0 Å². The topological polar surface area (TPSA) is 0 Å². The summed E-state index contributed by atoms with van der Waals surface area (Å²) in [4.78, 5) is 0. The Labute approximate surface area is 42.6 Å². The molecule has 0 amide bonds. The zero-order chi connectivity index (χ0) is 4.41. The Kier molecular flexibility index (Phi) is 1.20. The molecule has 0 unspecified atom stereocenters. The summed E-state index contributed by atoms with van der Waals surface area (Å²) in [5.74, 6) is 2.12. The summed E-state index contributed by atoms with van der Waals surface area (Å²) in [5.41, 5.74) is 0. The highest BCUT2D eigenvalue weighted by atomic mass is 32.2. The minimum absolute atomic E-state index is 0.829. The van der Waals surface area contributed by atoms with Crippen molar-refractivity contribution < 1.29 is 0 Å². The van der Waals surface area contributed by atoms with Crippen molar-refractivity contribution in [3.05, 3.63) is 11.5 Å². The van der Waals surface area contributed by atoms with Crippen molar-refractivity contribution >= 4 is 11.8 Å². The molecule has 0 saturated heterocycles. The Hall–Kier alpha value is 0.0900. The van der Waals surface area contributed by atoms with E-state index in [0.717, 1.165) is 5.92 Å². The van der Waals surface area contributed by atoms with Crippen molar-refractivity contribution in [2.45, 2.75) is 6.92 Å². The molecule has 1 heteroatoms. The molecule has 0 aromatic rings. The first-order valence-corrected chi connectivity index (χ1v) is 3.23. The zero-order valence-corrected chi connectivity index (χ0v) is 4.66. The van der Waals surface area contributed by atoms with E-state index in [0.29, 0.717) is 0 Å². The summed E-state index contributed by atoms with van der Waals surface area (Å²) in [6, 6.07) is 0. The van der Waals surface area contributed by atoms with E-state index >= 15 is 0 Å². The van der Waals surface area contributed by atoms with Crippen LogP contribution in [-0.2, 0) is 0 Å². The molecule has 0 spiro atoms. The summed E-state index contributed by atoms with van der Waals surface area (Å²) in [6.07, 6.45) is 2.24. The van der Waals surface area contributed by atoms with Gasteiger partial charge in [0.25, 0.3) is 0 Å². The Balaban J connectivity index is 2.38. The van der Waals surface area contributed by atoms with Gasteiger partial charge in [0.15, 0.2) is 0 Å². The summed E-state index contributed by atoms with van der Waals surface area (Å²) >= 11 is 1.90. The van der Waals surface area contributed by atoms with E-state index in [1.54, 1.807) is 0 Å². The van der Waals surface area contributed by atoms with Gasteiger partial charge in [-0.15, -0.1) is 11.8 Å². The van der Waals surface area contributed by atoms with Crippen LogP contribution in [0.3, 0.4) is 0 Å². The maximum Gasteiger partial charge on any atom is 0.00346 e. The molecule has 1 rings (SSSR count). The number of allylic oxidation sites excluding steroid dienone is 1. The molecule has 0 bridgehead atoms. The largest absolute Gasteiger partial charge is 0.134 e. The van der Waals surface area contributed by atoms with Gasteiger partial charge in [0.1, 0.15) is 0 Å². The quantitative estimate of drug-likeness (QED) is 0.448. The standard InChI is InChI=1S/C5H8S/c1-5-2-3-6-4-5/h2-3,5H,4H2,1H3/t5-/m1/s1. The van der Waals surface area contributed by atoms with E-state index in [1.165, 1.54) is 5.75 Å². The molecule has 0 N–H and O–H groups in total. The lowest BCUT2D eigenvalue weighted by molar-refractivity contribution is 0.861. The van der Waals surface area contributed by atoms with Gasteiger partial charge < -0.3 is 0 Å². The lowest BCUT2D eigenvalue weighted by atomic mass is 10.2. The van der Waals surface area contributed by atoms with Crippen molar-refractivity contribution in [3.8, 4) is 0 Å². The van der Waals surface area contributed by atoms with Crippen LogP contribution in [0.2, 0.25) is 0 Å². The highest BCUT2D eigenvalue weighted by molar-refractivity contribution is 8.02. The summed E-state index contributed by atoms with van der Waals surface area (Å²) in [6.45, 7) is 2.23. The van der Waals surface area contributed by atoms with Crippen LogP contribution in [0.5, 0.6) is 0 Å². The van der Waals surface area contributed by atoms with Crippen LogP contribution >= 0.6 is 11.8 Å². The number of hydrogen-bond acceptors (Lipinski definition) is 1. The molecule has 0 aromatic heterocycles. The maximum atomic E-state index is 2.24. The van der Waals surface area contributed by atoms with Gasteiger partial charge >= 0.3 is 0 Å². The molecule has 34 valence electrons. The number of thioether (sulfide) groups is 1. The van der Waals surface area contributed by atoms with E-state index in [9.17, 15) is 0 Å². The molecule has 0 radical (unpaired) electrons. The van der Waals surface area contributed by atoms with Gasteiger partial charge in [-0.25, -0.2) is 0 Å². The minimum Gasteiger partial charge on any atom is -0.134 e. The van der Waals surface area contributed by atoms with Gasteiger partial charge in [-0.1, -0.05) is 13.0 Å². The SMILES string of the molecule is C[C@@H]1C=CSC1. The van der Waals surface area contributed by atoms with E-state index in [4.69, 9.17) is 0 Å². The van der Waals surface area contributed by atoms with E-state index < -0.39 is 0 Å². The fourth-order valence-corrected chi connectivity index (χ4v) is 1.36. The predicted molar refractivity (Wildman–Crippen MR) is 30.8 cm³/mol. The molecule has 0 fully saturated rings. The molecule has 0 aliphatic carbocycles. The van der Waals surface area contributed by atoms with Crippen molar-refractivity contribution in [1.82, 2.24) is 0 Å². The number of hydrogen-bond donors (Lipinski definition) is 0. The fourth-order valence-electron chi connectivity index (χ4n) is 0.453. The van der Waals surface area contributed by atoms with Crippen LogP contribution in [-0.4, -0.2) is 5.75 Å². The van der Waals surface area contributed by atoms with Gasteiger partial charge in [0.2, 0.25) is 0 Å². The molecule has 6 heavy (non-hydrogen) atoms. The smallest absolute Gasteiger partial charge is 0.00346 e. The van der Waals surface area contributed by atoms with E-state index in [2.05, 4.69) is 18.4 Å². The van der Waals surface area contributed by atoms with Gasteiger partial charge in [0, 0.05) is 5.75 Å². The van der Waals surface area contributed by atoms with Gasteiger partial charge in [0.05, 0.1) is 0 Å². The second kappa shape index (κ2) is 1.69. The van der Waals surface area contributed by atoms with Crippen LogP contribution in [0.15, 0.2) is 11.5 Å². The third-order valence-electron chi connectivity index (χ3n) is 0.862. The molecule has 1 aliphatic heterocycles. The summed E-state index contributed by atoms with van der Waals surface area (Å²) < 4.78 is 0. The fraction of sp³-hybridized carbons (Fsp3) is 0.600. The third-order valence-corrected chi connectivity index (χ3v) is 1.93. The van der Waals surface area contributed by atoms with Crippen molar-refractivity contribution in [2.75, 3.05) is 5.75 Å². The third kappa shape index (κ3) is 0.777. The van der Waals surface area contributed by atoms with Crippen LogP contribution < -0.4 is 0 Å². The lowest BCUT2D eigenvalue weighted by Crippen LogP contribution is -1.83. The summed E-state index contributed by atoms with van der Waals surface area (Å²) in [7, 11) is 0. The first kappa shape index (κ1) is 4.25. The van der Waals surface area contributed by atoms with E-state index in [1.807, 2.05) is 11.8 Å². The van der Waals surface area contributed by atoms with Crippen LogP contribution in [0.4, 0.5) is 0 Å².